The van der Waals surface area contributed by atoms with Crippen molar-refractivity contribution in [3.63, 3.8) is 0 Å². The summed E-state index contributed by atoms with van der Waals surface area (Å²) in [5.74, 6) is 0.394. The summed E-state index contributed by atoms with van der Waals surface area (Å²) in [7, 11) is 1.48. The van der Waals surface area contributed by atoms with Crippen molar-refractivity contribution in [2.45, 2.75) is 12.1 Å². The summed E-state index contributed by atoms with van der Waals surface area (Å²) in [6.45, 7) is 1.85. The van der Waals surface area contributed by atoms with Crippen LogP contribution in [-0.4, -0.2) is 40.0 Å². The van der Waals surface area contributed by atoms with Gasteiger partial charge in [0.25, 0.3) is 0 Å². The molecule has 3 aromatic rings. The fraction of sp³-hybridized carbons (Fsp3) is 0.176. The summed E-state index contributed by atoms with van der Waals surface area (Å²) >= 11 is 7.26. The molecule has 0 atom stereocenters. The molecule has 0 aliphatic heterocycles. The highest BCUT2D eigenvalue weighted by Crippen LogP contribution is 2.25. The number of hydrogen-bond donors (Lipinski definition) is 2. The Balaban J connectivity index is 1.66. The van der Waals surface area contributed by atoms with E-state index < -0.39 is 0 Å². The molecule has 0 saturated heterocycles. The molecule has 134 valence electrons. The van der Waals surface area contributed by atoms with Crippen LogP contribution in [0.4, 0.5) is 5.69 Å². The lowest BCUT2D eigenvalue weighted by Crippen LogP contribution is -2.14. The molecule has 3 rings (SSSR count). The fourth-order valence-corrected chi connectivity index (χ4v) is 3.19. The lowest BCUT2D eigenvalue weighted by molar-refractivity contribution is -0.113. The van der Waals surface area contributed by atoms with E-state index in [4.69, 9.17) is 16.3 Å². The molecule has 2 N–H and O–H groups in total. The number of amides is 1. The van der Waals surface area contributed by atoms with Gasteiger partial charge < -0.3 is 15.0 Å². The molecule has 2 heterocycles. The van der Waals surface area contributed by atoms with Crippen LogP contribution in [0, 0.1) is 6.92 Å². The first-order chi connectivity index (χ1) is 12.5. The van der Waals surface area contributed by atoms with E-state index in [9.17, 15) is 9.59 Å². The number of imidazole rings is 1. The Morgan fingerprint density at radius 2 is 2.27 bits per heavy atom. The number of hydrogen-bond acceptors (Lipinski definition) is 6. The number of carbonyl (C=O) groups is 2. The van der Waals surface area contributed by atoms with Gasteiger partial charge >= 0.3 is 0 Å². The molecule has 0 saturated carbocycles. The number of ether oxygens (including phenoxy) is 1. The van der Waals surface area contributed by atoms with Crippen LogP contribution >= 0.6 is 23.4 Å². The van der Waals surface area contributed by atoms with Crippen molar-refractivity contribution in [2.24, 2.45) is 0 Å². The summed E-state index contributed by atoms with van der Waals surface area (Å²) in [6.07, 6.45) is 2.27. The van der Waals surface area contributed by atoms with Crippen molar-refractivity contribution < 1.29 is 14.3 Å². The largest absolute Gasteiger partial charge is 0.496 e. The van der Waals surface area contributed by atoms with E-state index in [0.29, 0.717) is 39.1 Å². The third-order valence-corrected chi connectivity index (χ3v) is 4.93. The lowest BCUT2D eigenvalue weighted by atomic mass is 10.2. The number of fused-ring (bicyclic) bond motifs is 1. The van der Waals surface area contributed by atoms with Crippen LogP contribution in [0.25, 0.3) is 11.0 Å². The Labute approximate surface area is 158 Å². The maximum atomic E-state index is 12.1. The third-order valence-electron chi connectivity index (χ3n) is 3.68. The summed E-state index contributed by atoms with van der Waals surface area (Å²) in [5.41, 5.74) is 3.21. The standard InChI is InChI=1S/C17H15ClN4O3S/c1-9-15-12(6-19-16(9)18)21-17(22-15)26-8-14(24)20-11-3-4-13(25-2)10(5-11)7-23/h3-7H,8H2,1-2H3,(H,20,24)(H,21,22). The van der Waals surface area contributed by atoms with Gasteiger partial charge in [-0.25, -0.2) is 9.97 Å². The smallest absolute Gasteiger partial charge is 0.234 e. The second-order valence-electron chi connectivity index (χ2n) is 5.39. The Bertz CT molecular complexity index is 990. The minimum Gasteiger partial charge on any atom is -0.496 e. The highest BCUT2D eigenvalue weighted by molar-refractivity contribution is 7.99. The van der Waals surface area contributed by atoms with Crippen LogP contribution in [0.1, 0.15) is 15.9 Å². The van der Waals surface area contributed by atoms with Gasteiger partial charge in [0, 0.05) is 11.3 Å². The molecule has 1 aromatic carbocycles. The number of aryl methyl sites for hydroxylation is 1. The first-order valence-corrected chi connectivity index (χ1v) is 8.95. The number of aromatic nitrogens is 3. The van der Waals surface area contributed by atoms with Gasteiger partial charge in [-0.1, -0.05) is 23.4 Å². The van der Waals surface area contributed by atoms with Crippen molar-refractivity contribution in [3.05, 3.63) is 40.7 Å². The van der Waals surface area contributed by atoms with E-state index in [2.05, 4.69) is 20.3 Å². The normalized spacial score (nSPS) is 10.7. The van der Waals surface area contributed by atoms with Gasteiger partial charge in [0.1, 0.15) is 16.4 Å². The minimum absolute atomic E-state index is 0.155. The quantitative estimate of drug-likeness (QED) is 0.380. The molecule has 0 radical (unpaired) electrons. The molecule has 0 aliphatic rings. The number of carbonyl (C=O) groups excluding carboxylic acids is 2. The van der Waals surface area contributed by atoms with Crippen molar-refractivity contribution in [1.82, 2.24) is 15.0 Å². The van der Waals surface area contributed by atoms with Crippen LogP contribution in [-0.2, 0) is 4.79 Å². The van der Waals surface area contributed by atoms with E-state index in [1.807, 2.05) is 6.92 Å². The van der Waals surface area contributed by atoms with Gasteiger partial charge in [-0.15, -0.1) is 0 Å². The van der Waals surface area contributed by atoms with E-state index in [1.165, 1.54) is 18.9 Å². The molecule has 0 bridgehead atoms. The zero-order valence-electron chi connectivity index (χ0n) is 14.0. The van der Waals surface area contributed by atoms with E-state index in [0.717, 1.165) is 11.1 Å². The zero-order valence-corrected chi connectivity index (χ0v) is 15.6. The highest BCUT2D eigenvalue weighted by Gasteiger charge is 2.11. The van der Waals surface area contributed by atoms with Gasteiger partial charge in [0.15, 0.2) is 11.4 Å². The molecule has 0 aliphatic carbocycles. The Morgan fingerprint density at radius 1 is 1.46 bits per heavy atom. The topological polar surface area (TPSA) is 97.0 Å². The number of nitrogens with one attached hydrogen (secondary N) is 2. The number of methoxy groups -OCH3 is 1. The van der Waals surface area contributed by atoms with Crippen molar-refractivity contribution >= 4 is 52.3 Å². The average Bonchev–Trinajstić information content (AvgIpc) is 3.07. The second-order valence-corrected chi connectivity index (χ2v) is 6.71. The number of pyridine rings is 1. The van der Waals surface area contributed by atoms with Gasteiger partial charge in [-0.2, -0.15) is 0 Å². The predicted molar refractivity (Wildman–Crippen MR) is 101 cm³/mol. The molecule has 0 spiro atoms. The number of H-pyrrole nitrogens is 1. The minimum atomic E-state index is -0.217. The number of thioether (sulfide) groups is 1. The molecule has 0 unspecified atom stereocenters. The number of benzene rings is 1. The van der Waals surface area contributed by atoms with Crippen LogP contribution in [0.2, 0.25) is 5.15 Å². The third kappa shape index (κ3) is 3.81. The van der Waals surface area contributed by atoms with Crippen LogP contribution in [0.5, 0.6) is 5.75 Å². The van der Waals surface area contributed by atoms with Gasteiger partial charge in [0.2, 0.25) is 5.91 Å². The molecule has 0 fully saturated rings. The van der Waals surface area contributed by atoms with Crippen molar-refractivity contribution in [1.29, 1.82) is 0 Å². The number of nitrogens with zero attached hydrogens (tertiary/aromatic N) is 2. The van der Waals surface area contributed by atoms with E-state index in [-0.39, 0.29) is 11.7 Å². The summed E-state index contributed by atoms with van der Waals surface area (Å²) < 4.78 is 5.07. The Kier molecular flexibility index (Phi) is 5.43. The van der Waals surface area contributed by atoms with Crippen molar-refractivity contribution in [2.75, 3.05) is 18.2 Å². The maximum Gasteiger partial charge on any atom is 0.234 e. The zero-order chi connectivity index (χ0) is 18.7. The number of anilines is 1. The Morgan fingerprint density at radius 3 is 3.00 bits per heavy atom. The fourth-order valence-electron chi connectivity index (χ4n) is 2.36. The summed E-state index contributed by atoms with van der Waals surface area (Å²) in [6, 6.07) is 4.87. The monoisotopic (exact) mass is 390 g/mol. The molecular weight excluding hydrogens is 376 g/mol. The molecule has 7 nitrogen and oxygen atoms in total. The number of aldehydes is 1. The number of rotatable bonds is 6. The molecule has 1 amide bonds. The highest BCUT2D eigenvalue weighted by atomic mass is 35.5. The van der Waals surface area contributed by atoms with Gasteiger partial charge in [0.05, 0.1) is 30.1 Å². The van der Waals surface area contributed by atoms with Crippen molar-refractivity contribution in [3.8, 4) is 5.75 Å². The summed E-state index contributed by atoms with van der Waals surface area (Å²) in [4.78, 5) is 34.8. The number of halogens is 1. The lowest BCUT2D eigenvalue weighted by Gasteiger charge is -2.08. The molecule has 2 aromatic heterocycles. The second kappa shape index (κ2) is 7.76. The van der Waals surface area contributed by atoms with Gasteiger partial charge in [-0.3, -0.25) is 9.59 Å². The maximum absolute atomic E-state index is 12.1. The predicted octanol–water partition coefficient (Wildman–Crippen LogP) is 3.47. The molecule has 26 heavy (non-hydrogen) atoms. The molecular formula is C17H15ClN4O3S. The van der Waals surface area contributed by atoms with E-state index >= 15 is 0 Å². The number of aromatic amines is 1. The SMILES string of the molecule is COc1ccc(NC(=O)CSc2nc3cnc(Cl)c(C)c3[nH]2)cc1C=O. The average molecular weight is 391 g/mol. The summed E-state index contributed by atoms with van der Waals surface area (Å²) in [5, 5.41) is 3.76. The van der Waals surface area contributed by atoms with Crippen LogP contribution < -0.4 is 10.1 Å². The first-order valence-electron chi connectivity index (χ1n) is 7.58. The van der Waals surface area contributed by atoms with E-state index in [1.54, 1.807) is 24.4 Å². The first kappa shape index (κ1) is 18.2. The molecule has 9 heteroatoms. The van der Waals surface area contributed by atoms with Gasteiger partial charge in [-0.05, 0) is 25.1 Å². The Hall–Kier alpha value is -2.58. The van der Waals surface area contributed by atoms with Crippen LogP contribution in [0.3, 0.4) is 0 Å². The van der Waals surface area contributed by atoms with Crippen LogP contribution in [0.15, 0.2) is 29.6 Å².